The van der Waals surface area contributed by atoms with Gasteiger partial charge < -0.3 is 5.73 Å². The fourth-order valence-electron chi connectivity index (χ4n) is 2.98. The van der Waals surface area contributed by atoms with E-state index in [2.05, 4.69) is 42.3 Å². The van der Waals surface area contributed by atoms with Crippen LogP contribution in [0.15, 0.2) is 0 Å². The largest absolute Gasteiger partial charge is 0.329 e. The Labute approximate surface area is 108 Å². The zero-order valence-electron chi connectivity index (χ0n) is 10.4. The molecule has 94 valence electrons. The summed E-state index contributed by atoms with van der Waals surface area (Å²) in [6, 6.07) is 0.640. The Kier molecular flexibility index (Phi) is 4.89. The summed E-state index contributed by atoms with van der Waals surface area (Å²) in [4.78, 5) is 2.67. The van der Waals surface area contributed by atoms with E-state index in [0.29, 0.717) is 6.04 Å². The second kappa shape index (κ2) is 5.98. The molecular weight excluding hydrogens is 236 g/mol. The first-order chi connectivity index (χ1) is 7.70. The van der Waals surface area contributed by atoms with Crippen LogP contribution in [-0.4, -0.2) is 52.6 Å². The van der Waals surface area contributed by atoms with Gasteiger partial charge in [0, 0.05) is 36.2 Å². The highest BCUT2D eigenvalue weighted by atomic mass is 32.2. The van der Waals surface area contributed by atoms with Gasteiger partial charge in [0.1, 0.15) is 0 Å². The number of nitrogens with zero attached hydrogens (tertiary/aromatic N) is 1. The van der Waals surface area contributed by atoms with Gasteiger partial charge in [0.05, 0.1) is 0 Å². The molecule has 0 bridgehead atoms. The second-order valence-electron chi connectivity index (χ2n) is 5.14. The van der Waals surface area contributed by atoms with Gasteiger partial charge in [0.25, 0.3) is 0 Å². The van der Waals surface area contributed by atoms with Crippen molar-refractivity contribution in [3.63, 3.8) is 0 Å². The van der Waals surface area contributed by atoms with E-state index in [0.717, 1.165) is 23.0 Å². The molecule has 16 heavy (non-hydrogen) atoms. The van der Waals surface area contributed by atoms with Gasteiger partial charge in [0.2, 0.25) is 0 Å². The average molecular weight is 260 g/mol. The first-order valence-electron chi connectivity index (χ1n) is 6.38. The highest BCUT2D eigenvalue weighted by Crippen LogP contribution is 2.32. The molecular formula is C12H24N2S2. The lowest BCUT2D eigenvalue weighted by Gasteiger charge is -2.41. The minimum atomic E-state index is 0.640. The smallest absolute Gasteiger partial charge is 0.0255 e. The molecule has 0 aromatic rings. The van der Waals surface area contributed by atoms with Crippen LogP contribution in [0.2, 0.25) is 0 Å². The third-order valence-corrected chi connectivity index (χ3v) is 6.08. The lowest BCUT2D eigenvalue weighted by Crippen LogP contribution is -2.52. The van der Waals surface area contributed by atoms with Gasteiger partial charge in [-0.15, -0.1) is 0 Å². The molecule has 2 N–H and O–H groups in total. The van der Waals surface area contributed by atoms with Crippen molar-refractivity contribution in [1.29, 1.82) is 0 Å². The highest BCUT2D eigenvalue weighted by Gasteiger charge is 2.33. The SMILES string of the molecule is CC1CN(C(CN)C2CCSC2)CC(C)S1. The molecule has 0 aromatic carbocycles. The maximum absolute atomic E-state index is 6.02. The maximum Gasteiger partial charge on any atom is 0.0255 e. The van der Waals surface area contributed by atoms with Crippen molar-refractivity contribution in [1.82, 2.24) is 4.90 Å². The molecule has 4 atom stereocenters. The van der Waals surface area contributed by atoms with E-state index < -0.39 is 0 Å². The van der Waals surface area contributed by atoms with Gasteiger partial charge in [-0.3, -0.25) is 4.90 Å². The molecule has 2 rings (SSSR count). The molecule has 0 aromatic heterocycles. The summed E-state index contributed by atoms with van der Waals surface area (Å²) in [6.45, 7) is 8.01. The van der Waals surface area contributed by atoms with Crippen molar-refractivity contribution in [3.05, 3.63) is 0 Å². The Bertz CT molecular complexity index is 209. The molecule has 2 fully saturated rings. The van der Waals surface area contributed by atoms with E-state index >= 15 is 0 Å². The van der Waals surface area contributed by atoms with E-state index in [9.17, 15) is 0 Å². The molecule has 4 unspecified atom stereocenters. The topological polar surface area (TPSA) is 29.3 Å². The first kappa shape index (κ1) is 13.1. The molecule has 2 heterocycles. The lowest BCUT2D eigenvalue weighted by molar-refractivity contribution is 0.153. The summed E-state index contributed by atoms with van der Waals surface area (Å²) >= 11 is 4.23. The minimum Gasteiger partial charge on any atom is -0.329 e. The fourth-order valence-corrected chi connectivity index (χ4v) is 5.66. The van der Waals surface area contributed by atoms with Gasteiger partial charge >= 0.3 is 0 Å². The van der Waals surface area contributed by atoms with Crippen LogP contribution < -0.4 is 5.73 Å². The number of nitrogens with two attached hydrogens (primary N) is 1. The fraction of sp³-hybridized carbons (Fsp3) is 1.00. The van der Waals surface area contributed by atoms with Crippen molar-refractivity contribution in [2.45, 2.75) is 36.8 Å². The summed E-state index contributed by atoms with van der Waals surface area (Å²) in [6.07, 6.45) is 1.37. The zero-order valence-corrected chi connectivity index (χ0v) is 12.0. The number of hydrogen-bond donors (Lipinski definition) is 1. The molecule has 0 aliphatic carbocycles. The van der Waals surface area contributed by atoms with Crippen molar-refractivity contribution in [2.75, 3.05) is 31.1 Å². The Hall–Kier alpha value is 0.620. The van der Waals surface area contributed by atoms with Gasteiger partial charge in [-0.1, -0.05) is 13.8 Å². The quantitative estimate of drug-likeness (QED) is 0.839. The predicted octanol–water partition coefficient (Wildman–Crippen LogP) is 1.89. The van der Waals surface area contributed by atoms with Crippen LogP contribution >= 0.6 is 23.5 Å². The first-order valence-corrected chi connectivity index (χ1v) is 8.47. The lowest BCUT2D eigenvalue weighted by atomic mass is 9.97. The molecule has 2 aliphatic heterocycles. The van der Waals surface area contributed by atoms with E-state index in [-0.39, 0.29) is 0 Å². The summed E-state index contributed by atoms with van der Waals surface area (Å²) < 4.78 is 0. The van der Waals surface area contributed by atoms with E-state index in [1.807, 2.05) is 0 Å². The Balaban J connectivity index is 1.96. The van der Waals surface area contributed by atoms with Crippen LogP contribution in [0, 0.1) is 5.92 Å². The zero-order chi connectivity index (χ0) is 11.5. The third-order valence-electron chi connectivity index (χ3n) is 3.67. The van der Waals surface area contributed by atoms with Crippen LogP contribution in [0.3, 0.4) is 0 Å². The van der Waals surface area contributed by atoms with Crippen molar-refractivity contribution >= 4 is 23.5 Å². The van der Waals surface area contributed by atoms with Crippen molar-refractivity contribution < 1.29 is 0 Å². The van der Waals surface area contributed by atoms with E-state index in [1.54, 1.807) is 0 Å². The Morgan fingerprint density at radius 3 is 2.50 bits per heavy atom. The predicted molar refractivity (Wildman–Crippen MR) is 76.4 cm³/mol. The molecule has 0 amide bonds. The van der Waals surface area contributed by atoms with Gasteiger partial charge in [-0.25, -0.2) is 0 Å². The second-order valence-corrected chi connectivity index (χ2v) is 8.17. The normalized spacial score (nSPS) is 38.8. The van der Waals surface area contributed by atoms with Crippen molar-refractivity contribution in [2.24, 2.45) is 11.7 Å². The number of thioether (sulfide) groups is 2. The molecule has 0 spiro atoms. The number of rotatable bonds is 3. The standard InChI is InChI=1S/C12H24N2S2/c1-9-6-14(7-10(2)16-9)12(5-13)11-3-4-15-8-11/h9-12H,3-8,13H2,1-2H3. The highest BCUT2D eigenvalue weighted by molar-refractivity contribution is 8.00. The Morgan fingerprint density at radius 1 is 1.31 bits per heavy atom. The van der Waals surface area contributed by atoms with Gasteiger partial charge in [-0.2, -0.15) is 23.5 Å². The van der Waals surface area contributed by atoms with Gasteiger partial charge in [-0.05, 0) is 23.8 Å². The third kappa shape index (κ3) is 3.09. The van der Waals surface area contributed by atoms with Gasteiger partial charge in [0.15, 0.2) is 0 Å². The monoisotopic (exact) mass is 260 g/mol. The summed E-state index contributed by atoms with van der Waals surface area (Å²) in [5.74, 6) is 3.51. The summed E-state index contributed by atoms with van der Waals surface area (Å²) in [7, 11) is 0. The van der Waals surface area contributed by atoms with Crippen LogP contribution in [0.25, 0.3) is 0 Å². The Morgan fingerprint density at radius 2 is 2.00 bits per heavy atom. The summed E-state index contributed by atoms with van der Waals surface area (Å²) in [5.41, 5.74) is 6.02. The molecule has 0 radical (unpaired) electrons. The molecule has 2 nitrogen and oxygen atoms in total. The van der Waals surface area contributed by atoms with Crippen LogP contribution in [0.1, 0.15) is 20.3 Å². The number of hydrogen-bond acceptors (Lipinski definition) is 4. The molecule has 2 aliphatic rings. The summed E-state index contributed by atoms with van der Waals surface area (Å²) in [5, 5.41) is 1.54. The molecule has 4 heteroatoms. The van der Waals surface area contributed by atoms with Crippen LogP contribution in [0.5, 0.6) is 0 Å². The van der Waals surface area contributed by atoms with E-state index in [1.165, 1.54) is 31.0 Å². The molecule has 0 saturated carbocycles. The maximum atomic E-state index is 6.02. The van der Waals surface area contributed by atoms with Crippen molar-refractivity contribution in [3.8, 4) is 0 Å². The van der Waals surface area contributed by atoms with Crippen LogP contribution in [0.4, 0.5) is 0 Å². The van der Waals surface area contributed by atoms with E-state index in [4.69, 9.17) is 5.73 Å². The average Bonchev–Trinajstić information content (AvgIpc) is 2.70. The van der Waals surface area contributed by atoms with Crippen LogP contribution in [-0.2, 0) is 0 Å². The molecule has 2 saturated heterocycles. The minimum absolute atomic E-state index is 0.640.